The third-order valence-electron chi connectivity index (χ3n) is 3.95. The first-order chi connectivity index (χ1) is 8.58. The molecule has 1 aromatic rings. The Morgan fingerprint density at radius 3 is 2.72 bits per heavy atom. The maximum atomic E-state index is 3.77. The summed E-state index contributed by atoms with van der Waals surface area (Å²) >= 11 is 6.02. The molecule has 0 heterocycles. The van der Waals surface area contributed by atoms with Gasteiger partial charge in [-0.3, -0.25) is 0 Å². The average molecular weight is 422 g/mol. The van der Waals surface area contributed by atoms with E-state index in [2.05, 4.69) is 75.9 Å². The Kier molecular flexibility index (Phi) is 5.36. The van der Waals surface area contributed by atoms with Crippen molar-refractivity contribution in [2.24, 2.45) is 11.8 Å². The van der Waals surface area contributed by atoms with Gasteiger partial charge in [0.05, 0.1) is 0 Å². The van der Waals surface area contributed by atoms with Crippen LogP contribution < -0.4 is 5.32 Å². The van der Waals surface area contributed by atoms with Crippen LogP contribution in [0.3, 0.4) is 0 Å². The van der Waals surface area contributed by atoms with E-state index in [0.29, 0.717) is 6.04 Å². The summed E-state index contributed by atoms with van der Waals surface area (Å²) in [5.74, 6) is 1.58. The maximum absolute atomic E-state index is 3.77. The lowest BCUT2D eigenvalue weighted by molar-refractivity contribution is 0.254. The molecule has 18 heavy (non-hydrogen) atoms. The molecule has 2 atom stereocenters. The molecular weight excluding hydrogens is 401 g/mol. The molecule has 3 heteroatoms. The molecule has 0 aromatic heterocycles. The van der Waals surface area contributed by atoms with Crippen LogP contribution in [0.4, 0.5) is 5.69 Å². The molecule has 0 radical (unpaired) electrons. The molecule has 2 rings (SSSR count). The van der Waals surface area contributed by atoms with E-state index < -0.39 is 0 Å². The Labute approximate surface area is 132 Å². The van der Waals surface area contributed by atoms with E-state index in [-0.39, 0.29) is 0 Å². The highest BCUT2D eigenvalue weighted by molar-refractivity contribution is 14.1. The Morgan fingerprint density at radius 2 is 2.00 bits per heavy atom. The van der Waals surface area contributed by atoms with Crippen molar-refractivity contribution in [1.29, 1.82) is 0 Å². The number of anilines is 1. The molecule has 1 aliphatic rings. The fourth-order valence-corrected chi connectivity index (χ4v) is 3.80. The van der Waals surface area contributed by atoms with E-state index in [1.54, 1.807) is 0 Å². The van der Waals surface area contributed by atoms with Crippen LogP contribution in [0.2, 0.25) is 0 Å². The van der Waals surface area contributed by atoms with Gasteiger partial charge in [0, 0.05) is 19.8 Å². The van der Waals surface area contributed by atoms with Gasteiger partial charge < -0.3 is 5.32 Å². The number of nitrogens with one attached hydrogen (secondary N) is 1. The van der Waals surface area contributed by atoms with Gasteiger partial charge in [0.2, 0.25) is 0 Å². The van der Waals surface area contributed by atoms with Crippen LogP contribution in [0.15, 0.2) is 22.7 Å². The number of hydrogen-bond acceptors (Lipinski definition) is 1. The lowest BCUT2D eigenvalue weighted by atomic mass is 9.78. The van der Waals surface area contributed by atoms with E-state index in [9.17, 15) is 0 Å². The second-order valence-corrected chi connectivity index (χ2v) is 7.67. The second kappa shape index (κ2) is 6.60. The zero-order valence-electron chi connectivity index (χ0n) is 11.0. The average Bonchev–Trinajstić information content (AvgIpc) is 2.34. The highest BCUT2D eigenvalue weighted by Gasteiger charge is 2.27. The summed E-state index contributed by atoms with van der Waals surface area (Å²) in [5, 5.41) is 3.77. The fraction of sp³-hybridized carbons (Fsp3) is 0.600. The molecule has 1 N–H and O–H groups in total. The molecule has 1 nitrogen and oxygen atoms in total. The molecule has 1 saturated carbocycles. The van der Waals surface area contributed by atoms with Crippen molar-refractivity contribution in [3.8, 4) is 0 Å². The summed E-state index contributed by atoms with van der Waals surface area (Å²) in [5.41, 5.74) is 1.25. The van der Waals surface area contributed by atoms with Crippen molar-refractivity contribution in [3.05, 3.63) is 26.2 Å². The summed E-state index contributed by atoms with van der Waals surface area (Å²) in [6.45, 7) is 4.71. The number of halogens is 2. The van der Waals surface area contributed by atoms with Crippen LogP contribution in [0.25, 0.3) is 0 Å². The molecule has 0 bridgehead atoms. The molecule has 0 spiro atoms. The van der Waals surface area contributed by atoms with Gasteiger partial charge in [-0.1, -0.05) is 26.7 Å². The molecule has 0 amide bonds. The summed E-state index contributed by atoms with van der Waals surface area (Å²) < 4.78 is 2.46. The van der Waals surface area contributed by atoms with Gasteiger partial charge in [0.15, 0.2) is 0 Å². The second-order valence-electron chi connectivity index (χ2n) is 5.57. The minimum absolute atomic E-state index is 0.633. The van der Waals surface area contributed by atoms with Crippen molar-refractivity contribution in [1.82, 2.24) is 0 Å². The van der Waals surface area contributed by atoms with Crippen molar-refractivity contribution in [2.45, 2.75) is 45.6 Å². The first kappa shape index (κ1) is 14.6. The van der Waals surface area contributed by atoms with E-state index in [4.69, 9.17) is 0 Å². The van der Waals surface area contributed by atoms with Crippen LogP contribution in [0.5, 0.6) is 0 Å². The minimum Gasteiger partial charge on any atom is -0.381 e. The van der Waals surface area contributed by atoms with Crippen LogP contribution in [-0.4, -0.2) is 6.04 Å². The Hall–Kier alpha value is 0.230. The monoisotopic (exact) mass is 421 g/mol. The largest absolute Gasteiger partial charge is 0.381 e. The SMILES string of the molecule is CC(C)C1CCCCC1Nc1cc(I)ccc1Br. The van der Waals surface area contributed by atoms with E-state index in [1.807, 2.05) is 0 Å². The Balaban J connectivity index is 2.13. The van der Waals surface area contributed by atoms with Crippen molar-refractivity contribution in [3.63, 3.8) is 0 Å². The summed E-state index contributed by atoms with van der Waals surface area (Å²) in [4.78, 5) is 0. The molecule has 1 fully saturated rings. The standard InChI is InChI=1S/C15H21BrIN/c1-10(2)12-5-3-4-6-14(12)18-15-9-11(17)7-8-13(15)16/h7-10,12,14,18H,3-6H2,1-2H3. The smallest absolute Gasteiger partial charge is 0.0497 e. The lowest BCUT2D eigenvalue weighted by Crippen LogP contribution is -2.35. The number of hydrogen-bond donors (Lipinski definition) is 1. The van der Waals surface area contributed by atoms with Gasteiger partial charge in [-0.05, 0) is 81.4 Å². The molecule has 1 aliphatic carbocycles. The Bertz CT molecular complexity index is 405. The normalized spacial score (nSPS) is 24.3. The predicted molar refractivity (Wildman–Crippen MR) is 91.1 cm³/mol. The van der Waals surface area contributed by atoms with Crippen molar-refractivity contribution in [2.75, 3.05) is 5.32 Å². The number of rotatable bonds is 3. The van der Waals surface area contributed by atoms with Gasteiger partial charge in [0.1, 0.15) is 0 Å². The topological polar surface area (TPSA) is 12.0 Å². The van der Waals surface area contributed by atoms with Gasteiger partial charge in [-0.2, -0.15) is 0 Å². The van der Waals surface area contributed by atoms with Crippen molar-refractivity contribution >= 4 is 44.2 Å². The molecule has 2 unspecified atom stereocenters. The highest BCUT2D eigenvalue weighted by atomic mass is 127. The third kappa shape index (κ3) is 3.62. The zero-order chi connectivity index (χ0) is 13.1. The minimum atomic E-state index is 0.633. The van der Waals surface area contributed by atoms with E-state index >= 15 is 0 Å². The van der Waals surface area contributed by atoms with Gasteiger partial charge in [0.25, 0.3) is 0 Å². The maximum Gasteiger partial charge on any atom is 0.0497 e. The molecular formula is C15H21BrIN. The molecule has 0 saturated heterocycles. The quantitative estimate of drug-likeness (QED) is 0.619. The highest BCUT2D eigenvalue weighted by Crippen LogP contribution is 2.34. The van der Waals surface area contributed by atoms with Gasteiger partial charge >= 0.3 is 0 Å². The van der Waals surface area contributed by atoms with E-state index in [1.165, 1.54) is 39.4 Å². The van der Waals surface area contributed by atoms with Crippen molar-refractivity contribution < 1.29 is 0 Å². The van der Waals surface area contributed by atoms with Gasteiger partial charge in [-0.15, -0.1) is 0 Å². The van der Waals surface area contributed by atoms with Crippen LogP contribution >= 0.6 is 38.5 Å². The first-order valence-corrected chi connectivity index (χ1v) is 8.66. The summed E-state index contributed by atoms with van der Waals surface area (Å²) in [7, 11) is 0. The third-order valence-corrected chi connectivity index (χ3v) is 5.31. The van der Waals surface area contributed by atoms with E-state index in [0.717, 1.165) is 11.8 Å². The zero-order valence-corrected chi connectivity index (χ0v) is 14.8. The van der Waals surface area contributed by atoms with Crippen LogP contribution in [0, 0.1) is 15.4 Å². The van der Waals surface area contributed by atoms with Gasteiger partial charge in [-0.25, -0.2) is 0 Å². The van der Waals surface area contributed by atoms with Crippen LogP contribution in [-0.2, 0) is 0 Å². The fourth-order valence-electron chi connectivity index (χ4n) is 2.94. The predicted octanol–water partition coefficient (Wildman–Crippen LogP) is 5.68. The molecule has 0 aliphatic heterocycles. The first-order valence-electron chi connectivity index (χ1n) is 6.79. The number of benzene rings is 1. The molecule has 100 valence electrons. The summed E-state index contributed by atoms with van der Waals surface area (Å²) in [6, 6.07) is 7.14. The van der Waals surface area contributed by atoms with Crippen LogP contribution in [0.1, 0.15) is 39.5 Å². The lowest BCUT2D eigenvalue weighted by Gasteiger charge is -2.35. The molecule has 1 aromatic carbocycles. The Morgan fingerprint density at radius 1 is 1.28 bits per heavy atom. The summed E-state index contributed by atoms with van der Waals surface area (Å²) in [6.07, 6.45) is 5.44.